The maximum Gasteiger partial charge on any atom is 0.246 e. The van der Waals surface area contributed by atoms with E-state index in [4.69, 9.17) is 9.72 Å². The molecule has 0 amide bonds. The number of hydrogen-bond donors (Lipinski definition) is 0. The first kappa shape index (κ1) is 18.4. The lowest BCUT2D eigenvalue weighted by Crippen LogP contribution is -1.96. The lowest BCUT2D eigenvalue weighted by molar-refractivity contribution is 0.468. The number of hydrogen-bond acceptors (Lipinski definition) is 6. The second-order valence-corrected chi connectivity index (χ2v) is 9.64. The fourth-order valence-corrected chi connectivity index (χ4v) is 5.69. The van der Waals surface area contributed by atoms with Gasteiger partial charge in [-0.15, -0.1) is 32.9 Å². The van der Waals surface area contributed by atoms with Crippen LogP contribution in [0, 0.1) is 13.8 Å². The third kappa shape index (κ3) is 3.07. The first-order valence-corrected chi connectivity index (χ1v) is 11.6. The van der Waals surface area contributed by atoms with Crippen LogP contribution in [0.25, 0.3) is 42.3 Å². The summed E-state index contributed by atoms with van der Waals surface area (Å²) in [5.74, 6) is 1.30. The SMILES string of the molecule is Cc1ccc(-c2nnc(Oc3cc4sc(C)nc4c4sccc34)c3ccccc23)cc1. The molecule has 6 heteroatoms. The number of thiophene rings is 1. The summed E-state index contributed by atoms with van der Waals surface area (Å²) in [6.07, 6.45) is 0. The molecule has 0 spiro atoms. The first-order valence-electron chi connectivity index (χ1n) is 9.95. The molecule has 0 N–H and O–H groups in total. The number of aromatic nitrogens is 3. The Bertz CT molecular complexity index is 1580. The van der Waals surface area contributed by atoms with Crippen molar-refractivity contribution in [1.82, 2.24) is 15.2 Å². The molecule has 0 radical (unpaired) electrons. The fourth-order valence-electron chi connectivity index (χ4n) is 3.85. The first-order chi connectivity index (χ1) is 15.2. The molecule has 0 saturated carbocycles. The highest BCUT2D eigenvalue weighted by atomic mass is 32.1. The highest BCUT2D eigenvalue weighted by Gasteiger charge is 2.16. The molecule has 31 heavy (non-hydrogen) atoms. The molecule has 0 atom stereocenters. The van der Waals surface area contributed by atoms with Crippen LogP contribution in [0.4, 0.5) is 0 Å². The largest absolute Gasteiger partial charge is 0.436 e. The third-order valence-electron chi connectivity index (χ3n) is 5.35. The van der Waals surface area contributed by atoms with Gasteiger partial charge in [0.1, 0.15) is 11.4 Å². The predicted octanol–water partition coefficient (Wildman–Crippen LogP) is 7.53. The van der Waals surface area contributed by atoms with Crippen molar-refractivity contribution in [2.45, 2.75) is 13.8 Å². The Hall–Kier alpha value is -3.35. The molecule has 0 aliphatic rings. The summed E-state index contributed by atoms with van der Waals surface area (Å²) < 4.78 is 8.67. The summed E-state index contributed by atoms with van der Waals surface area (Å²) in [6.45, 7) is 4.12. The fraction of sp³-hybridized carbons (Fsp3) is 0.0800. The monoisotopic (exact) mass is 439 g/mol. The van der Waals surface area contributed by atoms with E-state index in [0.29, 0.717) is 5.88 Å². The lowest BCUT2D eigenvalue weighted by Gasteiger charge is -2.11. The quantitative estimate of drug-likeness (QED) is 0.286. The van der Waals surface area contributed by atoms with E-state index >= 15 is 0 Å². The maximum absolute atomic E-state index is 6.40. The normalized spacial score (nSPS) is 11.5. The van der Waals surface area contributed by atoms with Crippen molar-refractivity contribution in [3.63, 3.8) is 0 Å². The number of ether oxygens (including phenoxy) is 1. The van der Waals surface area contributed by atoms with Crippen LogP contribution in [-0.2, 0) is 0 Å². The van der Waals surface area contributed by atoms with Crippen molar-refractivity contribution in [3.05, 3.63) is 76.6 Å². The maximum atomic E-state index is 6.40. The minimum absolute atomic E-state index is 0.513. The molecular formula is C25H17N3OS2. The van der Waals surface area contributed by atoms with Gasteiger partial charge in [-0.3, -0.25) is 0 Å². The summed E-state index contributed by atoms with van der Waals surface area (Å²) in [6, 6.07) is 20.6. The minimum atomic E-state index is 0.513. The van der Waals surface area contributed by atoms with Gasteiger partial charge in [0.15, 0.2) is 0 Å². The average Bonchev–Trinajstić information content (AvgIpc) is 3.41. The molecular weight excluding hydrogens is 422 g/mol. The molecule has 3 heterocycles. The van der Waals surface area contributed by atoms with Crippen LogP contribution in [0.5, 0.6) is 11.6 Å². The Morgan fingerprint density at radius 1 is 0.839 bits per heavy atom. The number of rotatable bonds is 3. The van der Waals surface area contributed by atoms with Crippen LogP contribution < -0.4 is 4.74 Å². The summed E-state index contributed by atoms with van der Waals surface area (Å²) in [5.41, 5.74) is 4.17. The molecule has 3 aromatic heterocycles. The van der Waals surface area contributed by atoms with Crippen molar-refractivity contribution in [3.8, 4) is 22.9 Å². The van der Waals surface area contributed by atoms with E-state index in [1.807, 2.05) is 25.1 Å². The van der Waals surface area contributed by atoms with Gasteiger partial charge in [-0.05, 0) is 31.4 Å². The molecule has 6 aromatic rings. The minimum Gasteiger partial charge on any atom is -0.436 e. The average molecular weight is 440 g/mol. The number of aryl methyl sites for hydroxylation is 2. The van der Waals surface area contributed by atoms with Crippen molar-refractivity contribution in [1.29, 1.82) is 0 Å². The van der Waals surface area contributed by atoms with Gasteiger partial charge in [-0.1, -0.05) is 48.0 Å². The zero-order valence-corrected chi connectivity index (χ0v) is 18.6. The van der Waals surface area contributed by atoms with E-state index in [0.717, 1.165) is 53.1 Å². The van der Waals surface area contributed by atoms with E-state index in [1.54, 1.807) is 22.7 Å². The Labute approximate surface area is 186 Å². The van der Waals surface area contributed by atoms with Crippen molar-refractivity contribution < 1.29 is 4.74 Å². The van der Waals surface area contributed by atoms with Crippen molar-refractivity contribution in [2.75, 3.05) is 0 Å². The van der Waals surface area contributed by atoms with Crippen LogP contribution in [0.2, 0.25) is 0 Å². The topological polar surface area (TPSA) is 47.9 Å². The summed E-state index contributed by atoms with van der Waals surface area (Å²) in [5, 5.41) is 15.2. The molecule has 4 nitrogen and oxygen atoms in total. The summed E-state index contributed by atoms with van der Waals surface area (Å²) >= 11 is 3.37. The van der Waals surface area contributed by atoms with Gasteiger partial charge in [-0.2, -0.15) is 0 Å². The zero-order valence-electron chi connectivity index (χ0n) is 16.9. The second kappa shape index (κ2) is 7.11. The van der Waals surface area contributed by atoms with E-state index in [9.17, 15) is 0 Å². The Morgan fingerprint density at radius 2 is 1.65 bits per heavy atom. The van der Waals surface area contributed by atoms with Crippen LogP contribution >= 0.6 is 22.7 Å². The van der Waals surface area contributed by atoms with Gasteiger partial charge in [0, 0.05) is 27.8 Å². The molecule has 0 fully saturated rings. The third-order valence-corrected chi connectivity index (χ3v) is 7.19. The Balaban J connectivity index is 1.52. The van der Waals surface area contributed by atoms with Gasteiger partial charge >= 0.3 is 0 Å². The van der Waals surface area contributed by atoms with E-state index in [-0.39, 0.29) is 0 Å². The van der Waals surface area contributed by atoms with E-state index < -0.39 is 0 Å². The molecule has 0 unspecified atom stereocenters. The van der Waals surface area contributed by atoms with Crippen molar-refractivity contribution in [2.24, 2.45) is 0 Å². The highest BCUT2D eigenvalue weighted by molar-refractivity contribution is 7.21. The summed E-state index contributed by atoms with van der Waals surface area (Å²) in [4.78, 5) is 4.71. The van der Waals surface area contributed by atoms with E-state index in [1.165, 1.54) is 5.56 Å². The van der Waals surface area contributed by atoms with Gasteiger partial charge in [0.05, 0.1) is 19.9 Å². The molecule has 3 aromatic carbocycles. The number of benzene rings is 3. The summed E-state index contributed by atoms with van der Waals surface area (Å²) in [7, 11) is 0. The molecule has 0 bridgehead atoms. The zero-order chi connectivity index (χ0) is 20.9. The molecule has 6 rings (SSSR count). The molecule has 0 aliphatic heterocycles. The molecule has 150 valence electrons. The highest BCUT2D eigenvalue weighted by Crippen LogP contribution is 2.41. The lowest BCUT2D eigenvalue weighted by atomic mass is 10.0. The predicted molar refractivity (Wildman–Crippen MR) is 130 cm³/mol. The van der Waals surface area contributed by atoms with Crippen LogP contribution in [0.3, 0.4) is 0 Å². The van der Waals surface area contributed by atoms with Gasteiger partial charge < -0.3 is 4.74 Å². The van der Waals surface area contributed by atoms with Crippen LogP contribution in [0.15, 0.2) is 66.0 Å². The van der Waals surface area contributed by atoms with Crippen LogP contribution in [-0.4, -0.2) is 15.2 Å². The smallest absolute Gasteiger partial charge is 0.246 e. The van der Waals surface area contributed by atoms with Gasteiger partial charge in [-0.25, -0.2) is 4.98 Å². The van der Waals surface area contributed by atoms with E-state index in [2.05, 4.69) is 65.0 Å². The number of nitrogens with zero attached hydrogens (tertiary/aromatic N) is 3. The number of thiazole rings is 1. The molecule has 0 aliphatic carbocycles. The standard InChI is InChI=1S/C25H17N3OS2/c1-14-7-9-16(10-8-14)22-17-5-3-4-6-18(17)25(28-27-22)29-20-13-21-23(26-15(2)31-21)24-19(20)11-12-30-24/h3-13H,1-2H3. The molecule has 0 saturated heterocycles. The number of fused-ring (bicyclic) bond motifs is 4. The van der Waals surface area contributed by atoms with Crippen LogP contribution in [0.1, 0.15) is 10.6 Å². The Kier molecular flexibility index (Phi) is 4.23. The van der Waals surface area contributed by atoms with Gasteiger partial charge in [0.2, 0.25) is 5.88 Å². The van der Waals surface area contributed by atoms with Crippen molar-refractivity contribution >= 4 is 53.7 Å². The Morgan fingerprint density at radius 3 is 2.48 bits per heavy atom. The van der Waals surface area contributed by atoms with Gasteiger partial charge in [0.25, 0.3) is 0 Å². The second-order valence-electron chi connectivity index (χ2n) is 7.49.